The third-order valence-electron chi connectivity index (χ3n) is 3.43. The number of aliphatic hydroxyl groups is 1. The van der Waals surface area contributed by atoms with E-state index in [1.165, 1.54) is 0 Å². The Morgan fingerprint density at radius 1 is 1.21 bits per heavy atom. The largest absolute Gasteiger partial charge is 0.390 e. The van der Waals surface area contributed by atoms with Crippen molar-refractivity contribution in [2.24, 2.45) is 0 Å². The zero-order valence-corrected chi connectivity index (χ0v) is 10.3. The second-order valence-electron chi connectivity index (χ2n) is 4.66. The number of hydrogen-bond acceptors (Lipinski definition) is 3. The standard InChI is InChI=1S/C15H14N2O2/c18-13-9-11-3-1-2-4-12(11)14(13)17-15(19)10-5-7-16-8-6-10/h1-8,13-14,18H,9H2,(H,17,19)/t13-,14+/m1/s1. The Kier molecular flexibility index (Phi) is 3.01. The van der Waals surface area contributed by atoms with Gasteiger partial charge in [0.1, 0.15) is 0 Å². The fourth-order valence-electron chi connectivity index (χ4n) is 2.48. The highest BCUT2D eigenvalue weighted by molar-refractivity contribution is 5.94. The van der Waals surface area contributed by atoms with Crippen molar-refractivity contribution in [3.63, 3.8) is 0 Å². The van der Waals surface area contributed by atoms with E-state index in [0.29, 0.717) is 12.0 Å². The summed E-state index contributed by atoms with van der Waals surface area (Å²) in [5.41, 5.74) is 2.64. The molecule has 4 nitrogen and oxygen atoms in total. The summed E-state index contributed by atoms with van der Waals surface area (Å²) < 4.78 is 0. The van der Waals surface area contributed by atoms with Crippen molar-refractivity contribution in [3.8, 4) is 0 Å². The van der Waals surface area contributed by atoms with Gasteiger partial charge in [0.15, 0.2) is 0 Å². The number of nitrogens with zero attached hydrogens (tertiary/aromatic N) is 1. The van der Waals surface area contributed by atoms with Gasteiger partial charge in [0.05, 0.1) is 12.1 Å². The van der Waals surface area contributed by atoms with Gasteiger partial charge in [-0.15, -0.1) is 0 Å². The zero-order chi connectivity index (χ0) is 13.2. The van der Waals surface area contributed by atoms with Gasteiger partial charge in [-0.2, -0.15) is 0 Å². The molecule has 1 aromatic heterocycles. The molecule has 4 heteroatoms. The van der Waals surface area contributed by atoms with Gasteiger partial charge in [-0.1, -0.05) is 24.3 Å². The molecule has 1 amide bonds. The van der Waals surface area contributed by atoms with Crippen LogP contribution >= 0.6 is 0 Å². The predicted octanol–water partition coefficient (Wildman–Crippen LogP) is 1.47. The minimum atomic E-state index is -0.566. The Labute approximate surface area is 111 Å². The molecule has 2 N–H and O–H groups in total. The van der Waals surface area contributed by atoms with Crippen molar-refractivity contribution in [1.82, 2.24) is 10.3 Å². The lowest BCUT2D eigenvalue weighted by Gasteiger charge is -2.17. The van der Waals surface area contributed by atoms with Crippen LogP contribution in [0.25, 0.3) is 0 Å². The molecule has 0 unspecified atom stereocenters. The number of aromatic nitrogens is 1. The van der Waals surface area contributed by atoms with E-state index in [-0.39, 0.29) is 11.9 Å². The van der Waals surface area contributed by atoms with E-state index in [1.54, 1.807) is 24.5 Å². The molecule has 0 radical (unpaired) electrons. The fraction of sp³-hybridized carbons (Fsp3) is 0.200. The van der Waals surface area contributed by atoms with Crippen molar-refractivity contribution in [2.75, 3.05) is 0 Å². The number of hydrogen-bond donors (Lipinski definition) is 2. The van der Waals surface area contributed by atoms with Crippen LogP contribution in [0.1, 0.15) is 27.5 Å². The van der Waals surface area contributed by atoms with E-state index in [2.05, 4.69) is 10.3 Å². The molecule has 3 rings (SSSR count). The molecule has 2 aromatic rings. The fourth-order valence-corrected chi connectivity index (χ4v) is 2.48. The topological polar surface area (TPSA) is 62.2 Å². The maximum absolute atomic E-state index is 12.1. The van der Waals surface area contributed by atoms with Gasteiger partial charge in [0, 0.05) is 24.4 Å². The SMILES string of the molecule is O=C(N[C@H]1c2ccccc2C[C@H]1O)c1ccncc1. The molecule has 0 aliphatic heterocycles. The highest BCUT2D eigenvalue weighted by atomic mass is 16.3. The molecule has 2 atom stereocenters. The average Bonchev–Trinajstić information content (AvgIpc) is 2.76. The molecule has 1 aliphatic carbocycles. The second-order valence-corrected chi connectivity index (χ2v) is 4.66. The second kappa shape index (κ2) is 4.82. The number of pyridine rings is 1. The normalized spacial score (nSPS) is 20.9. The van der Waals surface area contributed by atoms with E-state index < -0.39 is 6.10 Å². The first-order chi connectivity index (χ1) is 9.25. The molecular formula is C15H14N2O2. The van der Waals surface area contributed by atoms with E-state index in [9.17, 15) is 9.90 Å². The Balaban J connectivity index is 1.82. The van der Waals surface area contributed by atoms with Gasteiger partial charge in [0.25, 0.3) is 5.91 Å². The highest BCUT2D eigenvalue weighted by Crippen LogP contribution is 2.31. The molecular weight excluding hydrogens is 240 g/mol. The summed E-state index contributed by atoms with van der Waals surface area (Å²) in [7, 11) is 0. The van der Waals surface area contributed by atoms with Gasteiger partial charge in [-0.05, 0) is 23.3 Å². The Bertz CT molecular complexity index is 598. The Morgan fingerprint density at radius 2 is 1.95 bits per heavy atom. The van der Waals surface area contributed by atoms with E-state index in [4.69, 9.17) is 0 Å². The van der Waals surface area contributed by atoms with Crippen molar-refractivity contribution in [1.29, 1.82) is 0 Å². The average molecular weight is 254 g/mol. The van der Waals surface area contributed by atoms with Crippen molar-refractivity contribution >= 4 is 5.91 Å². The third kappa shape index (κ3) is 2.22. The molecule has 0 saturated carbocycles. The predicted molar refractivity (Wildman–Crippen MR) is 70.6 cm³/mol. The van der Waals surface area contributed by atoms with E-state index in [0.717, 1.165) is 11.1 Å². The summed E-state index contributed by atoms with van der Waals surface area (Å²) in [4.78, 5) is 16.0. The lowest BCUT2D eigenvalue weighted by molar-refractivity contribution is 0.0858. The van der Waals surface area contributed by atoms with Gasteiger partial charge < -0.3 is 10.4 Å². The first kappa shape index (κ1) is 11.9. The Hall–Kier alpha value is -2.20. The maximum Gasteiger partial charge on any atom is 0.251 e. The molecule has 1 aliphatic rings. The quantitative estimate of drug-likeness (QED) is 0.853. The van der Waals surface area contributed by atoms with Crippen molar-refractivity contribution in [3.05, 3.63) is 65.5 Å². The number of aliphatic hydroxyl groups excluding tert-OH is 1. The van der Waals surface area contributed by atoms with Crippen LogP contribution < -0.4 is 5.32 Å². The van der Waals surface area contributed by atoms with Crippen LogP contribution in [0.15, 0.2) is 48.8 Å². The van der Waals surface area contributed by atoms with Gasteiger partial charge in [0.2, 0.25) is 0 Å². The molecule has 0 bridgehead atoms. The van der Waals surface area contributed by atoms with Crippen molar-refractivity contribution in [2.45, 2.75) is 18.6 Å². The van der Waals surface area contributed by atoms with Crippen LogP contribution in [0.4, 0.5) is 0 Å². The van der Waals surface area contributed by atoms with Crippen LogP contribution in [0.2, 0.25) is 0 Å². The van der Waals surface area contributed by atoms with Crippen LogP contribution in [-0.2, 0) is 6.42 Å². The molecule has 1 aromatic carbocycles. The van der Waals surface area contributed by atoms with Crippen LogP contribution in [0.5, 0.6) is 0 Å². The summed E-state index contributed by atoms with van der Waals surface area (Å²) >= 11 is 0. The smallest absolute Gasteiger partial charge is 0.251 e. The zero-order valence-electron chi connectivity index (χ0n) is 10.3. The molecule has 0 saturated heterocycles. The number of nitrogens with one attached hydrogen (secondary N) is 1. The number of carbonyl (C=O) groups is 1. The van der Waals surface area contributed by atoms with Crippen LogP contribution in [-0.4, -0.2) is 22.1 Å². The van der Waals surface area contributed by atoms with Gasteiger partial charge in [-0.25, -0.2) is 0 Å². The number of rotatable bonds is 2. The van der Waals surface area contributed by atoms with Gasteiger partial charge >= 0.3 is 0 Å². The summed E-state index contributed by atoms with van der Waals surface area (Å²) in [6.07, 6.45) is 3.17. The minimum absolute atomic E-state index is 0.192. The number of amides is 1. The van der Waals surface area contributed by atoms with Crippen LogP contribution in [0.3, 0.4) is 0 Å². The van der Waals surface area contributed by atoms with Gasteiger partial charge in [-0.3, -0.25) is 9.78 Å². The summed E-state index contributed by atoms with van der Waals surface area (Å²) in [5.74, 6) is -0.192. The maximum atomic E-state index is 12.1. The summed E-state index contributed by atoms with van der Waals surface area (Å²) in [6, 6.07) is 10.8. The molecule has 96 valence electrons. The molecule has 1 heterocycles. The first-order valence-electron chi connectivity index (χ1n) is 6.22. The number of benzene rings is 1. The minimum Gasteiger partial charge on any atom is -0.390 e. The molecule has 0 fully saturated rings. The number of carbonyl (C=O) groups excluding carboxylic acids is 1. The lowest BCUT2D eigenvalue weighted by atomic mass is 10.1. The van der Waals surface area contributed by atoms with Crippen LogP contribution in [0, 0.1) is 0 Å². The Morgan fingerprint density at radius 3 is 2.74 bits per heavy atom. The summed E-state index contributed by atoms with van der Waals surface area (Å²) in [5, 5.41) is 13.0. The molecule has 0 spiro atoms. The highest BCUT2D eigenvalue weighted by Gasteiger charge is 2.31. The van der Waals surface area contributed by atoms with E-state index in [1.807, 2.05) is 24.3 Å². The third-order valence-corrected chi connectivity index (χ3v) is 3.43. The first-order valence-corrected chi connectivity index (χ1v) is 6.22. The number of fused-ring (bicyclic) bond motifs is 1. The summed E-state index contributed by atoms with van der Waals surface area (Å²) in [6.45, 7) is 0. The van der Waals surface area contributed by atoms with E-state index >= 15 is 0 Å². The molecule has 19 heavy (non-hydrogen) atoms. The van der Waals surface area contributed by atoms with Crippen molar-refractivity contribution < 1.29 is 9.90 Å². The lowest BCUT2D eigenvalue weighted by Crippen LogP contribution is -2.33. The monoisotopic (exact) mass is 254 g/mol.